The van der Waals surface area contributed by atoms with Crippen molar-refractivity contribution in [2.75, 3.05) is 13.1 Å². The first-order valence-corrected chi connectivity index (χ1v) is 7.55. The maximum Gasteiger partial charge on any atom is 0.404 e. The van der Waals surface area contributed by atoms with E-state index in [1.165, 1.54) is 0 Å². The van der Waals surface area contributed by atoms with Gasteiger partial charge in [0.1, 0.15) is 0 Å². The average molecular weight is 360 g/mol. The highest BCUT2D eigenvalue weighted by Crippen LogP contribution is 2.29. The minimum Gasteiger partial charge on any atom is -0.465 e. The number of pyridine rings is 1. The van der Waals surface area contributed by atoms with Crippen LogP contribution in [0.5, 0.6) is 0 Å². The van der Waals surface area contributed by atoms with E-state index in [0.29, 0.717) is 25.0 Å². The van der Waals surface area contributed by atoms with Gasteiger partial charge in [0.2, 0.25) is 0 Å². The molecule has 108 valence electrons. The van der Waals surface area contributed by atoms with Gasteiger partial charge in [-0.25, -0.2) is 4.79 Å². The summed E-state index contributed by atoms with van der Waals surface area (Å²) in [6, 6.07) is 1.88. The van der Waals surface area contributed by atoms with Crippen molar-refractivity contribution in [3.63, 3.8) is 0 Å². The fraction of sp³-hybridized carbons (Fsp3) is 0.333. The van der Waals surface area contributed by atoms with Crippen molar-refractivity contribution >= 4 is 43.4 Å². The van der Waals surface area contributed by atoms with Gasteiger partial charge in [0.05, 0.1) is 14.6 Å². The highest BCUT2D eigenvalue weighted by molar-refractivity contribution is 9.10. The Morgan fingerprint density at radius 2 is 2.25 bits per heavy atom. The Kier molecular flexibility index (Phi) is 4.79. The van der Waals surface area contributed by atoms with Crippen LogP contribution in [0.2, 0.25) is 0 Å². The predicted molar refractivity (Wildman–Crippen MR) is 82.5 cm³/mol. The summed E-state index contributed by atoms with van der Waals surface area (Å²) in [4.78, 5) is 23.3. The van der Waals surface area contributed by atoms with E-state index in [9.17, 15) is 9.59 Å². The number of halogens is 1. The van der Waals surface area contributed by atoms with Crippen LogP contribution in [0.25, 0.3) is 10.1 Å². The number of nitrogens with zero attached hydrogens (tertiary/aromatic N) is 1. The molecule has 0 aliphatic heterocycles. The molecular weight excluding hydrogens is 346 g/mol. The summed E-state index contributed by atoms with van der Waals surface area (Å²) < 4.78 is 3.39. The monoisotopic (exact) mass is 359 g/mol. The van der Waals surface area contributed by atoms with Crippen LogP contribution >= 0.6 is 27.3 Å². The molecular formula is C12H14BrN3O3S. The lowest BCUT2D eigenvalue weighted by Gasteiger charge is -2.02. The molecule has 0 radical (unpaired) electrons. The smallest absolute Gasteiger partial charge is 0.404 e. The lowest BCUT2D eigenvalue weighted by molar-refractivity contribution is 0.194. The third-order valence-corrected chi connectivity index (χ3v) is 4.77. The molecule has 3 N–H and O–H groups in total. The van der Waals surface area contributed by atoms with Crippen LogP contribution in [0.15, 0.2) is 21.5 Å². The Balaban J connectivity index is 2.05. The van der Waals surface area contributed by atoms with Crippen LogP contribution < -0.4 is 16.2 Å². The quantitative estimate of drug-likeness (QED) is 0.709. The molecule has 20 heavy (non-hydrogen) atoms. The van der Waals surface area contributed by atoms with E-state index in [0.717, 1.165) is 14.0 Å². The van der Waals surface area contributed by atoms with E-state index in [2.05, 4.69) is 26.6 Å². The Hall–Kier alpha value is -1.38. The number of carboxylic acid groups (broad SMARTS) is 1. The third kappa shape index (κ3) is 3.38. The normalized spacial score (nSPS) is 10.9. The maximum atomic E-state index is 12.0. The van der Waals surface area contributed by atoms with E-state index in [1.54, 1.807) is 29.1 Å². The van der Waals surface area contributed by atoms with E-state index >= 15 is 0 Å². The van der Waals surface area contributed by atoms with Crippen molar-refractivity contribution in [2.45, 2.75) is 6.54 Å². The number of aryl methyl sites for hydroxylation is 1. The van der Waals surface area contributed by atoms with Crippen LogP contribution in [0.4, 0.5) is 4.79 Å². The summed E-state index contributed by atoms with van der Waals surface area (Å²) in [5, 5.41) is 14.5. The van der Waals surface area contributed by atoms with E-state index in [-0.39, 0.29) is 5.56 Å². The van der Waals surface area contributed by atoms with Gasteiger partial charge in [-0.1, -0.05) is 0 Å². The number of hydrogen-bond donors (Lipinski definition) is 3. The van der Waals surface area contributed by atoms with Crippen molar-refractivity contribution in [3.05, 3.63) is 32.0 Å². The van der Waals surface area contributed by atoms with Crippen LogP contribution in [-0.4, -0.2) is 28.9 Å². The van der Waals surface area contributed by atoms with E-state index < -0.39 is 6.09 Å². The van der Waals surface area contributed by atoms with Crippen molar-refractivity contribution in [1.29, 1.82) is 0 Å². The first-order valence-electron chi connectivity index (χ1n) is 5.94. The second-order valence-corrected chi connectivity index (χ2v) is 6.25. The zero-order valence-corrected chi connectivity index (χ0v) is 13.2. The second kappa shape index (κ2) is 6.38. The van der Waals surface area contributed by atoms with Gasteiger partial charge >= 0.3 is 6.09 Å². The van der Waals surface area contributed by atoms with Gasteiger partial charge in [-0.05, 0) is 22.0 Å². The topological polar surface area (TPSA) is 83.4 Å². The van der Waals surface area contributed by atoms with Crippen molar-refractivity contribution in [2.24, 2.45) is 7.05 Å². The van der Waals surface area contributed by atoms with Crippen molar-refractivity contribution < 1.29 is 9.90 Å². The van der Waals surface area contributed by atoms with Crippen LogP contribution in [0.1, 0.15) is 4.88 Å². The van der Waals surface area contributed by atoms with Crippen molar-refractivity contribution in [1.82, 2.24) is 15.2 Å². The van der Waals surface area contributed by atoms with Gasteiger partial charge in [-0.2, -0.15) is 0 Å². The number of hydrogen-bond acceptors (Lipinski definition) is 4. The molecule has 0 fully saturated rings. The number of fused-ring (bicyclic) bond motifs is 1. The minimum atomic E-state index is -1.03. The van der Waals surface area contributed by atoms with E-state index in [1.807, 2.05) is 6.07 Å². The fourth-order valence-corrected chi connectivity index (χ4v) is 3.60. The molecule has 0 atom stereocenters. The number of carbonyl (C=O) groups is 1. The molecule has 0 bridgehead atoms. The largest absolute Gasteiger partial charge is 0.465 e. The molecule has 0 aromatic carbocycles. The van der Waals surface area contributed by atoms with Gasteiger partial charge in [0, 0.05) is 37.8 Å². The summed E-state index contributed by atoms with van der Waals surface area (Å²) in [6.45, 7) is 1.50. The minimum absolute atomic E-state index is 0.0155. The fourth-order valence-electron chi connectivity index (χ4n) is 1.81. The second-order valence-electron chi connectivity index (χ2n) is 4.26. The van der Waals surface area contributed by atoms with Crippen LogP contribution in [0, 0.1) is 0 Å². The molecule has 0 saturated carbocycles. The summed E-state index contributed by atoms with van der Waals surface area (Å²) in [7, 11) is 1.72. The first kappa shape index (κ1) is 15.0. The van der Waals surface area contributed by atoms with Gasteiger partial charge in [-0.3, -0.25) is 4.79 Å². The predicted octanol–water partition coefficient (Wildman–Crippen LogP) is 1.72. The van der Waals surface area contributed by atoms with Gasteiger partial charge in [0.15, 0.2) is 0 Å². The highest BCUT2D eigenvalue weighted by atomic mass is 79.9. The van der Waals surface area contributed by atoms with E-state index in [4.69, 9.17) is 5.11 Å². The van der Waals surface area contributed by atoms with Gasteiger partial charge in [0.25, 0.3) is 5.56 Å². The maximum absolute atomic E-state index is 12.0. The first-order chi connectivity index (χ1) is 9.49. The molecule has 2 rings (SSSR count). The van der Waals surface area contributed by atoms with Crippen LogP contribution in [-0.2, 0) is 13.6 Å². The number of amides is 1. The Morgan fingerprint density at radius 1 is 1.50 bits per heavy atom. The molecule has 2 aromatic heterocycles. The standard InChI is InChI=1S/C12H14BrN3O3S/c1-16-6-9(13)10-8(11(16)17)4-7(20-10)5-14-2-3-15-12(18)19/h4,6,14-15H,2-3,5H2,1H3,(H,18,19). The summed E-state index contributed by atoms with van der Waals surface area (Å²) in [6.07, 6.45) is 0.732. The third-order valence-electron chi connectivity index (χ3n) is 2.74. The van der Waals surface area contributed by atoms with Gasteiger partial charge in [-0.15, -0.1) is 11.3 Å². The molecule has 6 nitrogen and oxygen atoms in total. The summed E-state index contributed by atoms with van der Waals surface area (Å²) >= 11 is 5.01. The molecule has 0 unspecified atom stereocenters. The summed E-state index contributed by atoms with van der Waals surface area (Å²) in [5.74, 6) is 0. The Morgan fingerprint density at radius 3 is 2.95 bits per heavy atom. The Labute approximate surface area is 127 Å². The SMILES string of the molecule is Cn1cc(Br)c2sc(CNCCNC(=O)O)cc2c1=O. The highest BCUT2D eigenvalue weighted by Gasteiger charge is 2.10. The molecule has 0 aliphatic carbocycles. The number of thiophene rings is 1. The Bertz CT molecular complexity index is 695. The zero-order chi connectivity index (χ0) is 14.7. The number of nitrogens with one attached hydrogen (secondary N) is 2. The molecule has 0 spiro atoms. The lowest BCUT2D eigenvalue weighted by atomic mass is 10.3. The molecule has 0 saturated heterocycles. The van der Waals surface area contributed by atoms with Gasteiger partial charge < -0.3 is 20.3 Å². The number of aromatic nitrogens is 1. The number of rotatable bonds is 5. The van der Waals surface area contributed by atoms with Crippen molar-refractivity contribution in [3.8, 4) is 0 Å². The van der Waals surface area contributed by atoms with Crippen LogP contribution in [0.3, 0.4) is 0 Å². The molecule has 2 aromatic rings. The average Bonchev–Trinajstić information content (AvgIpc) is 2.80. The molecule has 8 heteroatoms. The zero-order valence-electron chi connectivity index (χ0n) is 10.8. The molecule has 2 heterocycles. The summed E-state index contributed by atoms with van der Waals surface area (Å²) in [5.41, 5.74) is -0.0155. The lowest BCUT2D eigenvalue weighted by Crippen LogP contribution is -2.30. The molecule has 0 aliphatic rings. The molecule has 1 amide bonds.